The van der Waals surface area contributed by atoms with E-state index in [1.807, 2.05) is 37.3 Å². The lowest BCUT2D eigenvalue weighted by atomic mass is 10.2. The molecule has 3 heteroatoms. The minimum absolute atomic E-state index is 0.238. The maximum absolute atomic E-state index is 5.80. The van der Waals surface area contributed by atoms with Crippen LogP contribution in [-0.2, 0) is 6.54 Å². The molecule has 0 saturated heterocycles. The van der Waals surface area contributed by atoms with Crippen LogP contribution in [0.25, 0.3) is 0 Å². The van der Waals surface area contributed by atoms with E-state index in [4.69, 9.17) is 9.15 Å². The molecule has 1 aromatic heterocycles. The number of aryl methyl sites for hydroxylation is 1. The molecule has 0 bridgehead atoms. The van der Waals surface area contributed by atoms with E-state index in [9.17, 15) is 0 Å². The van der Waals surface area contributed by atoms with Gasteiger partial charge in [-0.1, -0.05) is 13.0 Å². The van der Waals surface area contributed by atoms with Crippen molar-refractivity contribution in [2.24, 2.45) is 0 Å². The monoisotopic (exact) mass is 259 g/mol. The molecule has 1 N–H and O–H groups in total. The number of ether oxygens (including phenoxy) is 1. The summed E-state index contributed by atoms with van der Waals surface area (Å²) in [6.07, 6.45) is 2.96. The molecule has 1 atom stereocenters. The van der Waals surface area contributed by atoms with E-state index in [1.165, 1.54) is 5.56 Å². The summed E-state index contributed by atoms with van der Waals surface area (Å²) in [5.41, 5.74) is 2.20. The topological polar surface area (TPSA) is 34.4 Å². The van der Waals surface area contributed by atoms with Gasteiger partial charge in [0.05, 0.1) is 18.9 Å². The van der Waals surface area contributed by atoms with Crippen LogP contribution in [0.4, 0.5) is 5.69 Å². The van der Waals surface area contributed by atoms with E-state index >= 15 is 0 Å². The standard InChI is InChI=1S/C16H21NO2/c1-4-13(3)19-15-7-5-6-14(10-15)17-11-16-12(2)8-9-18-16/h5-10,13,17H,4,11H2,1-3H3. The highest BCUT2D eigenvalue weighted by Gasteiger charge is 2.04. The normalized spacial score (nSPS) is 12.2. The largest absolute Gasteiger partial charge is 0.491 e. The molecular weight excluding hydrogens is 238 g/mol. The molecule has 0 spiro atoms. The Bertz CT molecular complexity index is 519. The Morgan fingerprint density at radius 3 is 2.84 bits per heavy atom. The van der Waals surface area contributed by atoms with Crippen LogP contribution in [-0.4, -0.2) is 6.10 Å². The molecule has 1 heterocycles. The highest BCUT2D eigenvalue weighted by molar-refractivity contribution is 5.48. The second-order valence-electron chi connectivity index (χ2n) is 4.74. The molecule has 19 heavy (non-hydrogen) atoms. The predicted molar refractivity (Wildman–Crippen MR) is 77.6 cm³/mol. The molecule has 0 radical (unpaired) electrons. The molecule has 2 aromatic rings. The van der Waals surface area contributed by atoms with Crippen LogP contribution in [0.15, 0.2) is 41.0 Å². The summed E-state index contributed by atoms with van der Waals surface area (Å²) in [5, 5.41) is 3.35. The average Bonchev–Trinajstić information content (AvgIpc) is 2.82. The second kappa shape index (κ2) is 6.32. The summed E-state index contributed by atoms with van der Waals surface area (Å²) in [7, 11) is 0. The maximum atomic E-state index is 5.80. The summed E-state index contributed by atoms with van der Waals surface area (Å²) in [6.45, 7) is 6.92. The van der Waals surface area contributed by atoms with Gasteiger partial charge in [-0.25, -0.2) is 0 Å². The van der Waals surface area contributed by atoms with Gasteiger partial charge in [0.15, 0.2) is 0 Å². The molecule has 0 aliphatic rings. The van der Waals surface area contributed by atoms with Crippen molar-refractivity contribution < 1.29 is 9.15 Å². The maximum Gasteiger partial charge on any atom is 0.125 e. The van der Waals surface area contributed by atoms with Crippen molar-refractivity contribution in [2.45, 2.75) is 39.8 Å². The third-order valence-corrected chi connectivity index (χ3v) is 3.17. The Kier molecular flexibility index (Phi) is 4.50. The number of rotatable bonds is 6. The summed E-state index contributed by atoms with van der Waals surface area (Å²) >= 11 is 0. The van der Waals surface area contributed by atoms with Crippen LogP contribution in [0.1, 0.15) is 31.6 Å². The number of nitrogens with one attached hydrogen (secondary N) is 1. The Labute approximate surface area is 114 Å². The second-order valence-corrected chi connectivity index (χ2v) is 4.74. The van der Waals surface area contributed by atoms with Gasteiger partial charge in [0, 0.05) is 11.8 Å². The lowest BCUT2D eigenvalue weighted by Gasteiger charge is -2.13. The molecule has 0 saturated carbocycles. The van der Waals surface area contributed by atoms with Gasteiger partial charge in [0.1, 0.15) is 11.5 Å². The Morgan fingerprint density at radius 2 is 2.16 bits per heavy atom. The van der Waals surface area contributed by atoms with Crippen molar-refractivity contribution in [1.29, 1.82) is 0 Å². The first kappa shape index (κ1) is 13.5. The van der Waals surface area contributed by atoms with Crippen molar-refractivity contribution in [3.8, 4) is 5.75 Å². The minimum atomic E-state index is 0.238. The molecule has 102 valence electrons. The number of anilines is 1. The molecule has 1 aromatic carbocycles. The van der Waals surface area contributed by atoms with E-state index in [-0.39, 0.29) is 6.10 Å². The highest BCUT2D eigenvalue weighted by atomic mass is 16.5. The minimum Gasteiger partial charge on any atom is -0.491 e. The predicted octanol–water partition coefficient (Wildman–Crippen LogP) is 4.38. The van der Waals surface area contributed by atoms with E-state index in [2.05, 4.69) is 19.2 Å². The zero-order valence-corrected chi connectivity index (χ0v) is 11.8. The van der Waals surface area contributed by atoms with Crippen LogP contribution in [0, 0.1) is 6.92 Å². The van der Waals surface area contributed by atoms with E-state index < -0.39 is 0 Å². The van der Waals surface area contributed by atoms with Crippen LogP contribution in [0.5, 0.6) is 5.75 Å². The van der Waals surface area contributed by atoms with E-state index in [0.717, 1.165) is 23.6 Å². The van der Waals surface area contributed by atoms with Crippen molar-refractivity contribution in [3.63, 3.8) is 0 Å². The van der Waals surface area contributed by atoms with Crippen molar-refractivity contribution in [2.75, 3.05) is 5.32 Å². The highest BCUT2D eigenvalue weighted by Crippen LogP contribution is 2.20. The summed E-state index contributed by atoms with van der Waals surface area (Å²) in [6, 6.07) is 10.00. The third-order valence-electron chi connectivity index (χ3n) is 3.17. The van der Waals surface area contributed by atoms with Gasteiger partial charge in [-0.15, -0.1) is 0 Å². The van der Waals surface area contributed by atoms with Gasteiger partial charge in [0.2, 0.25) is 0 Å². The molecular formula is C16H21NO2. The van der Waals surface area contributed by atoms with Gasteiger partial charge in [-0.3, -0.25) is 0 Å². The fraction of sp³-hybridized carbons (Fsp3) is 0.375. The molecule has 0 aliphatic heterocycles. The Balaban J connectivity index is 1.97. The number of hydrogen-bond donors (Lipinski definition) is 1. The lowest BCUT2D eigenvalue weighted by molar-refractivity contribution is 0.217. The van der Waals surface area contributed by atoms with Gasteiger partial charge in [-0.2, -0.15) is 0 Å². The average molecular weight is 259 g/mol. The molecule has 0 amide bonds. The number of benzene rings is 1. The SMILES string of the molecule is CCC(C)Oc1cccc(NCc2occc2C)c1. The van der Waals surface area contributed by atoms with Crippen molar-refractivity contribution in [3.05, 3.63) is 47.9 Å². The van der Waals surface area contributed by atoms with Gasteiger partial charge >= 0.3 is 0 Å². The zero-order chi connectivity index (χ0) is 13.7. The van der Waals surface area contributed by atoms with Crippen LogP contribution < -0.4 is 10.1 Å². The summed E-state index contributed by atoms with van der Waals surface area (Å²) in [5.74, 6) is 1.86. The Hall–Kier alpha value is -1.90. The number of hydrogen-bond acceptors (Lipinski definition) is 3. The first-order valence-corrected chi connectivity index (χ1v) is 6.72. The first-order chi connectivity index (χ1) is 9.19. The molecule has 2 rings (SSSR count). The molecule has 0 aliphatic carbocycles. The van der Waals surface area contributed by atoms with Crippen molar-refractivity contribution >= 4 is 5.69 Å². The zero-order valence-electron chi connectivity index (χ0n) is 11.8. The van der Waals surface area contributed by atoms with Crippen LogP contribution >= 0.6 is 0 Å². The molecule has 1 unspecified atom stereocenters. The fourth-order valence-corrected chi connectivity index (χ4v) is 1.76. The summed E-state index contributed by atoms with van der Waals surface area (Å²) < 4.78 is 11.2. The first-order valence-electron chi connectivity index (χ1n) is 6.72. The van der Waals surface area contributed by atoms with E-state index in [1.54, 1.807) is 6.26 Å². The van der Waals surface area contributed by atoms with Gasteiger partial charge < -0.3 is 14.5 Å². The summed E-state index contributed by atoms with van der Waals surface area (Å²) in [4.78, 5) is 0. The lowest BCUT2D eigenvalue weighted by Crippen LogP contribution is -2.09. The fourth-order valence-electron chi connectivity index (χ4n) is 1.76. The number of furan rings is 1. The van der Waals surface area contributed by atoms with Crippen LogP contribution in [0.3, 0.4) is 0 Å². The van der Waals surface area contributed by atoms with Gasteiger partial charge in [0.25, 0.3) is 0 Å². The van der Waals surface area contributed by atoms with Gasteiger partial charge in [-0.05, 0) is 44.0 Å². The molecule has 0 fully saturated rings. The quantitative estimate of drug-likeness (QED) is 0.836. The Morgan fingerprint density at radius 1 is 1.32 bits per heavy atom. The van der Waals surface area contributed by atoms with Crippen LogP contribution in [0.2, 0.25) is 0 Å². The van der Waals surface area contributed by atoms with Crippen molar-refractivity contribution in [1.82, 2.24) is 0 Å². The third kappa shape index (κ3) is 3.78. The smallest absolute Gasteiger partial charge is 0.125 e. The van der Waals surface area contributed by atoms with E-state index in [0.29, 0.717) is 6.54 Å². The molecule has 3 nitrogen and oxygen atoms in total.